The summed E-state index contributed by atoms with van der Waals surface area (Å²) >= 11 is 0. The highest BCUT2D eigenvalue weighted by atomic mass is 15.2. The van der Waals surface area contributed by atoms with Crippen molar-refractivity contribution >= 4 is 5.82 Å². The van der Waals surface area contributed by atoms with E-state index in [2.05, 4.69) is 21.9 Å². The lowest BCUT2D eigenvalue weighted by atomic mass is 10.2. The van der Waals surface area contributed by atoms with Crippen LogP contribution in [0, 0.1) is 13.8 Å². The Balaban J connectivity index is 2.46. The van der Waals surface area contributed by atoms with Crippen LogP contribution < -0.4 is 10.6 Å². The number of hydrogen-bond acceptors (Lipinski definition) is 4. The van der Waals surface area contributed by atoms with Crippen molar-refractivity contribution in [2.24, 2.45) is 5.73 Å². The molecule has 0 fully saturated rings. The number of rotatable bonds is 6. The van der Waals surface area contributed by atoms with Crippen molar-refractivity contribution in [2.75, 3.05) is 25.0 Å². The fourth-order valence-electron chi connectivity index (χ4n) is 1.50. The molecule has 1 heterocycles. The minimum absolute atomic E-state index is 0.785. The van der Waals surface area contributed by atoms with Crippen molar-refractivity contribution in [1.29, 1.82) is 0 Å². The lowest BCUT2D eigenvalue weighted by molar-refractivity contribution is 0.675. The van der Waals surface area contributed by atoms with E-state index in [0.29, 0.717) is 0 Å². The average Bonchev–Trinajstić information content (AvgIpc) is 2.28. The van der Waals surface area contributed by atoms with Crippen LogP contribution in [0.3, 0.4) is 0 Å². The fraction of sp³-hybridized carbons (Fsp3) is 0.667. The topological polar surface area (TPSA) is 55.0 Å². The number of nitrogens with zero attached hydrogens (tertiary/aromatic N) is 3. The van der Waals surface area contributed by atoms with Gasteiger partial charge >= 0.3 is 0 Å². The molecule has 4 nitrogen and oxygen atoms in total. The van der Waals surface area contributed by atoms with Crippen molar-refractivity contribution < 1.29 is 0 Å². The van der Waals surface area contributed by atoms with E-state index < -0.39 is 0 Å². The number of aryl methyl sites for hydroxylation is 2. The van der Waals surface area contributed by atoms with Gasteiger partial charge in [0.15, 0.2) is 0 Å². The molecule has 1 aromatic rings. The zero-order valence-corrected chi connectivity index (χ0v) is 10.5. The minimum atomic E-state index is 0.785. The Hall–Kier alpha value is -1.16. The van der Waals surface area contributed by atoms with Crippen LogP contribution in [-0.2, 0) is 0 Å². The molecule has 0 bridgehead atoms. The first kappa shape index (κ1) is 12.9. The predicted octanol–water partition coefficient (Wildman–Crippen LogP) is 1.66. The van der Waals surface area contributed by atoms with E-state index in [1.165, 1.54) is 6.42 Å². The maximum atomic E-state index is 5.46. The first-order valence-corrected chi connectivity index (χ1v) is 5.86. The molecule has 0 aliphatic carbocycles. The van der Waals surface area contributed by atoms with Gasteiger partial charge in [-0.25, -0.2) is 4.98 Å². The van der Waals surface area contributed by atoms with Gasteiger partial charge in [-0.3, -0.25) is 4.98 Å². The van der Waals surface area contributed by atoms with Crippen LogP contribution in [0.15, 0.2) is 6.20 Å². The van der Waals surface area contributed by atoms with Crippen LogP contribution in [-0.4, -0.2) is 30.1 Å². The first-order chi connectivity index (χ1) is 7.65. The molecule has 90 valence electrons. The zero-order valence-electron chi connectivity index (χ0n) is 10.5. The van der Waals surface area contributed by atoms with Gasteiger partial charge in [0.25, 0.3) is 0 Å². The zero-order chi connectivity index (χ0) is 12.0. The van der Waals surface area contributed by atoms with E-state index >= 15 is 0 Å². The second-order valence-corrected chi connectivity index (χ2v) is 4.17. The Morgan fingerprint density at radius 3 is 2.56 bits per heavy atom. The molecule has 1 aromatic heterocycles. The standard InChI is InChI=1S/C12H22N4/c1-10-11(2)15-12(9-14-10)16(3)8-6-4-5-7-13/h9H,4-8,13H2,1-3H3. The van der Waals surface area contributed by atoms with E-state index in [1.54, 1.807) is 0 Å². The van der Waals surface area contributed by atoms with Gasteiger partial charge in [-0.2, -0.15) is 0 Å². The maximum Gasteiger partial charge on any atom is 0.147 e. The van der Waals surface area contributed by atoms with Crippen LogP contribution in [0.4, 0.5) is 5.82 Å². The van der Waals surface area contributed by atoms with Crippen LogP contribution in [0.5, 0.6) is 0 Å². The molecule has 0 saturated carbocycles. The van der Waals surface area contributed by atoms with E-state index in [-0.39, 0.29) is 0 Å². The number of aromatic nitrogens is 2. The van der Waals surface area contributed by atoms with Gasteiger partial charge in [-0.1, -0.05) is 6.42 Å². The minimum Gasteiger partial charge on any atom is -0.358 e. The third-order valence-electron chi connectivity index (χ3n) is 2.77. The number of unbranched alkanes of at least 4 members (excludes halogenated alkanes) is 2. The van der Waals surface area contributed by atoms with E-state index in [1.807, 2.05) is 20.0 Å². The smallest absolute Gasteiger partial charge is 0.147 e. The van der Waals surface area contributed by atoms with Gasteiger partial charge < -0.3 is 10.6 Å². The van der Waals surface area contributed by atoms with Gasteiger partial charge in [-0.05, 0) is 33.2 Å². The molecule has 0 atom stereocenters. The van der Waals surface area contributed by atoms with Gasteiger partial charge in [0.2, 0.25) is 0 Å². The summed E-state index contributed by atoms with van der Waals surface area (Å²) in [6.07, 6.45) is 5.28. The number of anilines is 1. The number of hydrogen-bond donors (Lipinski definition) is 1. The summed E-state index contributed by atoms with van der Waals surface area (Å²) in [5, 5.41) is 0. The van der Waals surface area contributed by atoms with Crippen molar-refractivity contribution in [3.05, 3.63) is 17.6 Å². The fourth-order valence-corrected chi connectivity index (χ4v) is 1.50. The highest BCUT2D eigenvalue weighted by Gasteiger charge is 2.04. The summed E-state index contributed by atoms with van der Waals surface area (Å²) in [6, 6.07) is 0. The summed E-state index contributed by atoms with van der Waals surface area (Å²) in [5.74, 6) is 0.954. The Morgan fingerprint density at radius 2 is 1.94 bits per heavy atom. The summed E-state index contributed by atoms with van der Waals surface area (Å²) in [5.41, 5.74) is 7.46. The molecule has 0 spiro atoms. The molecular weight excluding hydrogens is 200 g/mol. The molecule has 16 heavy (non-hydrogen) atoms. The molecule has 0 unspecified atom stereocenters. The second kappa shape index (κ2) is 6.43. The Bertz CT molecular complexity index is 325. The largest absolute Gasteiger partial charge is 0.358 e. The van der Waals surface area contributed by atoms with E-state index in [9.17, 15) is 0 Å². The molecule has 0 radical (unpaired) electrons. The van der Waals surface area contributed by atoms with E-state index in [4.69, 9.17) is 5.73 Å². The van der Waals surface area contributed by atoms with Crippen molar-refractivity contribution in [3.63, 3.8) is 0 Å². The third-order valence-corrected chi connectivity index (χ3v) is 2.77. The lowest BCUT2D eigenvalue weighted by Crippen LogP contribution is -2.20. The number of nitrogens with two attached hydrogens (primary N) is 1. The second-order valence-electron chi connectivity index (χ2n) is 4.17. The average molecular weight is 222 g/mol. The van der Waals surface area contributed by atoms with Gasteiger partial charge in [0, 0.05) is 13.6 Å². The van der Waals surface area contributed by atoms with Crippen molar-refractivity contribution in [3.8, 4) is 0 Å². The molecule has 0 aromatic carbocycles. The van der Waals surface area contributed by atoms with Crippen molar-refractivity contribution in [1.82, 2.24) is 9.97 Å². The SMILES string of the molecule is Cc1ncc(N(C)CCCCCN)nc1C. The highest BCUT2D eigenvalue weighted by Crippen LogP contribution is 2.10. The van der Waals surface area contributed by atoms with Crippen LogP contribution in [0.1, 0.15) is 30.7 Å². The molecule has 2 N–H and O–H groups in total. The monoisotopic (exact) mass is 222 g/mol. The maximum absolute atomic E-state index is 5.46. The molecule has 1 rings (SSSR count). The summed E-state index contributed by atoms with van der Waals surface area (Å²) in [7, 11) is 2.06. The molecule has 0 aliphatic rings. The summed E-state index contributed by atoms with van der Waals surface area (Å²) in [4.78, 5) is 11.0. The lowest BCUT2D eigenvalue weighted by Gasteiger charge is -2.18. The van der Waals surface area contributed by atoms with Crippen molar-refractivity contribution in [2.45, 2.75) is 33.1 Å². The summed E-state index contributed by atoms with van der Waals surface area (Å²) < 4.78 is 0. The molecule has 0 amide bonds. The van der Waals surface area contributed by atoms with Crippen LogP contribution in [0.25, 0.3) is 0 Å². The Labute approximate surface area is 97.9 Å². The quantitative estimate of drug-likeness (QED) is 0.744. The molecule has 0 aliphatic heterocycles. The van der Waals surface area contributed by atoms with Gasteiger partial charge in [0.1, 0.15) is 5.82 Å². The molecule has 0 saturated heterocycles. The van der Waals surface area contributed by atoms with Gasteiger partial charge in [-0.15, -0.1) is 0 Å². The van der Waals surface area contributed by atoms with Crippen LogP contribution >= 0.6 is 0 Å². The Kier molecular flexibility index (Phi) is 5.19. The third kappa shape index (κ3) is 3.77. The highest BCUT2D eigenvalue weighted by molar-refractivity contribution is 5.36. The van der Waals surface area contributed by atoms with E-state index in [0.717, 1.165) is 43.1 Å². The molecule has 4 heteroatoms. The summed E-state index contributed by atoms with van der Waals surface area (Å²) in [6.45, 7) is 5.77. The Morgan fingerprint density at radius 1 is 1.19 bits per heavy atom. The van der Waals surface area contributed by atoms with Crippen LogP contribution in [0.2, 0.25) is 0 Å². The molecular formula is C12H22N4. The normalized spacial score (nSPS) is 10.5. The predicted molar refractivity (Wildman–Crippen MR) is 67.7 cm³/mol. The van der Waals surface area contributed by atoms with Gasteiger partial charge in [0.05, 0.1) is 17.6 Å². The first-order valence-electron chi connectivity index (χ1n) is 5.86.